The standard InChI is InChI=1S/C12H18N2Si/c1-3-15(4-2,11-7-5-9-13-11)12-8-6-10-14-12/h5-10,13-14H,3-4H2,1-2H3. The van der Waals surface area contributed by atoms with Crippen molar-refractivity contribution in [3.8, 4) is 0 Å². The fraction of sp³-hybridized carbons (Fsp3) is 0.333. The average molecular weight is 218 g/mol. The molecule has 15 heavy (non-hydrogen) atoms. The highest BCUT2D eigenvalue weighted by atomic mass is 28.3. The van der Waals surface area contributed by atoms with Crippen molar-refractivity contribution in [3.63, 3.8) is 0 Å². The van der Waals surface area contributed by atoms with Crippen LogP contribution in [-0.2, 0) is 0 Å². The molecule has 2 aromatic heterocycles. The van der Waals surface area contributed by atoms with E-state index in [0.717, 1.165) is 0 Å². The molecule has 80 valence electrons. The van der Waals surface area contributed by atoms with Gasteiger partial charge in [0.15, 0.2) is 8.07 Å². The summed E-state index contributed by atoms with van der Waals surface area (Å²) in [5.74, 6) is 0. The smallest absolute Gasteiger partial charge is 0.157 e. The molecule has 0 aliphatic heterocycles. The minimum Gasteiger partial charge on any atom is -0.368 e. The first-order valence-corrected chi connectivity index (χ1v) is 8.02. The van der Waals surface area contributed by atoms with E-state index in [4.69, 9.17) is 0 Å². The van der Waals surface area contributed by atoms with Crippen LogP contribution in [0.5, 0.6) is 0 Å². The number of nitrogens with one attached hydrogen (secondary N) is 2. The van der Waals surface area contributed by atoms with Gasteiger partial charge in [-0.25, -0.2) is 0 Å². The van der Waals surface area contributed by atoms with Crippen molar-refractivity contribution in [3.05, 3.63) is 36.7 Å². The lowest BCUT2D eigenvalue weighted by Gasteiger charge is -2.27. The van der Waals surface area contributed by atoms with Crippen molar-refractivity contribution in [1.29, 1.82) is 0 Å². The first kappa shape index (κ1) is 10.3. The first-order chi connectivity index (χ1) is 7.33. The molecule has 2 aromatic rings. The zero-order valence-electron chi connectivity index (χ0n) is 9.38. The maximum atomic E-state index is 3.41. The van der Waals surface area contributed by atoms with Crippen molar-refractivity contribution in [2.75, 3.05) is 0 Å². The SMILES string of the molecule is CC[Si](CC)(c1ccc[nH]1)c1ccc[nH]1. The molecule has 0 unspecified atom stereocenters. The van der Waals surface area contributed by atoms with E-state index >= 15 is 0 Å². The fourth-order valence-corrected chi connectivity index (χ4v) is 6.28. The predicted octanol–water partition coefficient (Wildman–Crippen LogP) is 1.95. The topological polar surface area (TPSA) is 31.6 Å². The molecule has 0 fully saturated rings. The molecule has 2 nitrogen and oxygen atoms in total. The van der Waals surface area contributed by atoms with Gasteiger partial charge in [0.2, 0.25) is 0 Å². The van der Waals surface area contributed by atoms with Gasteiger partial charge in [-0.2, -0.15) is 0 Å². The molecule has 0 saturated carbocycles. The zero-order valence-corrected chi connectivity index (χ0v) is 10.4. The van der Waals surface area contributed by atoms with Gasteiger partial charge < -0.3 is 9.97 Å². The number of H-pyrrole nitrogens is 2. The average Bonchev–Trinajstić information content (AvgIpc) is 2.92. The predicted molar refractivity (Wildman–Crippen MR) is 67.6 cm³/mol. The summed E-state index contributed by atoms with van der Waals surface area (Å²) in [6, 6.07) is 11.2. The molecule has 0 atom stereocenters. The lowest BCUT2D eigenvalue weighted by atomic mass is 10.7. The molecule has 2 heterocycles. The Balaban J connectivity index is 2.50. The second-order valence-corrected chi connectivity index (χ2v) is 8.61. The van der Waals surface area contributed by atoms with Crippen LogP contribution in [0.2, 0.25) is 12.1 Å². The summed E-state index contributed by atoms with van der Waals surface area (Å²) in [5.41, 5.74) is 0. The van der Waals surface area contributed by atoms with Gasteiger partial charge in [0, 0.05) is 23.0 Å². The van der Waals surface area contributed by atoms with E-state index in [0.29, 0.717) is 0 Å². The summed E-state index contributed by atoms with van der Waals surface area (Å²) in [4.78, 5) is 6.82. The van der Waals surface area contributed by atoms with Crippen LogP contribution >= 0.6 is 0 Å². The second kappa shape index (κ2) is 4.11. The first-order valence-electron chi connectivity index (χ1n) is 5.61. The van der Waals surface area contributed by atoms with E-state index in [-0.39, 0.29) is 0 Å². The summed E-state index contributed by atoms with van der Waals surface area (Å²) >= 11 is 0. The minimum absolute atomic E-state index is 1.24. The van der Waals surface area contributed by atoms with Gasteiger partial charge in [0.25, 0.3) is 0 Å². The molecule has 2 rings (SSSR count). The number of aromatic amines is 2. The highest BCUT2D eigenvalue weighted by Crippen LogP contribution is 2.14. The second-order valence-electron chi connectivity index (χ2n) is 3.96. The van der Waals surface area contributed by atoms with Gasteiger partial charge in [-0.1, -0.05) is 13.8 Å². The zero-order chi connectivity index (χ0) is 10.7. The van der Waals surface area contributed by atoms with Gasteiger partial charge in [0.05, 0.1) is 0 Å². The Kier molecular flexibility index (Phi) is 2.82. The fourth-order valence-electron chi connectivity index (χ4n) is 2.41. The summed E-state index contributed by atoms with van der Waals surface area (Å²) in [7, 11) is -1.50. The summed E-state index contributed by atoms with van der Waals surface area (Å²) in [6.45, 7) is 4.61. The molecular weight excluding hydrogens is 200 g/mol. The van der Waals surface area contributed by atoms with Crippen LogP contribution in [0, 0.1) is 0 Å². The Morgan fingerprint density at radius 1 is 0.933 bits per heavy atom. The summed E-state index contributed by atoms with van der Waals surface area (Å²) in [6.07, 6.45) is 4.07. The largest absolute Gasteiger partial charge is 0.368 e. The molecule has 3 heteroatoms. The van der Waals surface area contributed by atoms with Crippen molar-refractivity contribution < 1.29 is 0 Å². The molecule has 0 aliphatic carbocycles. The van der Waals surface area contributed by atoms with Gasteiger partial charge >= 0.3 is 0 Å². The molecule has 0 bridgehead atoms. The summed E-state index contributed by atoms with van der Waals surface area (Å²) in [5, 5.41) is 2.88. The van der Waals surface area contributed by atoms with Crippen LogP contribution in [-0.4, -0.2) is 18.0 Å². The van der Waals surface area contributed by atoms with Gasteiger partial charge in [-0.05, 0) is 36.4 Å². The number of rotatable bonds is 4. The van der Waals surface area contributed by atoms with Crippen molar-refractivity contribution >= 4 is 18.7 Å². The lowest BCUT2D eigenvalue weighted by molar-refractivity contribution is 1.25. The molecule has 2 N–H and O–H groups in total. The van der Waals surface area contributed by atoms with E-state index in [1.807, 2.05) is 12.4 Å². The van der Waals surface area contributed by atoms with E-state index in [1.54, 1.807) is 0 Å². The van der Waals surface area contributed by atoms with Crippen LogP contribution in [0.25, 0.3) is 0 Å². The normalized spacial score (nSPS) is 11.9. The number of hydrogen-bond donors (Lipinski definition) is 2. The quantitative estimate of drug-likeness (QED) is 0.735. The maximum Gasteiger partial charge on any atom is 0.157 e. The van der Waals surface area contributed by atoms with E-state index < -0.39 is 8.07 Å². The summed E-state index contributed by atoms with van der Waals surface area (Å²) < 4.78 is 0. The Morgan fingerprint density at radius 3 is 1.67 bits per heavy atom. The highest BCUT2D eigenvalue weighted by Gasteiger charge is 2.35. The third kappa shape index (κ3) is 1.57. The molecule has 0 spiro atoms. The van der Waals surface area contributed by atoms with Gasteiger partial charge in [-0.3, -0.25) is 0 Å². The van der Waals surface area contributed by atoms with Crippen LogP contribution < -0.4 is 10.6 Å². The molecule has 0 aromatic carbocycles. The lowest BCUT2D eigenvalue weighted by Crippen LogP contribution is -2.58. The number of hydrogen-bond acceptors (Lipinski definition) is 0. The van der Waals surface area contributed by atoms with E-state index in [2.05, 4.69) is 48.1 Å². The molecule has 0 saturated heterocycles. The Bertz CT molecular complexity index is 349. The van der Waals surface area contributed by atoms with Crippen molar-refractivity contribution in [1.82, 2.24) is 9.97 Å². The molecule has 0 amide bonds. The molecule has 0 aliphatic rings. The Morgan fingerprint density at radius 2 is 1.40 bits per heavy atom. The molecule has 0 radical (unpaired) electrons. The van der Waals surface area contributed by atoms with E-state index in [1.165, 1.54) is 22.7 Å². The monoisotopic (exact) mass is 218 g/mol. The van der Waals surface area contributed by atoms with Crippen molar-refractivity contribution in [2.45, 2.75) is 25.9 Å². The van der Waals surface area contributed by atoms with Crippen LogP contribution in [0.3, 0.4) is 0 Å². The minimum atomic E-state index is -1.50. The van der Waals surface area contributed by atoms with Crippen molar-refractivity contribution in [2.24, 2.45) is 0 Å². The Labute approximate surface area is 91.7 Å². The van der Waals surface area contributed by atoms with Crippen LogP contribution in [0.4, 0.5) is 0 Å². The molecular formula is C12H18N2Si. The number of aromatic nitrogens is 2. The van der Waals surface area contributed by atoms with Gasteiger partial charge in [0.1, 0.15) is 0 Å². The van der Waals surface area contributed by atoms with E-state index in [9.17, 15) is 0 Å². The van der Waals surface area contributed by atoms with Crippen LogP contribution in [0.15, 0.2) is 36.7 Å². The highest BCUT2D eigenvalue weighted by molar-refractivity contribution is 7.01. The third-order valence-corrected chi connectivity index (χ3v) is 8.53. The third-order valence-electron chi connectivity index (χ3n) is 3.43. The Hall–Kier alpha value is -1.22. The van der Waals surface area contributed by atoms with Crippen LogP contribution in [0.1, 0.15) is 13.8 Å². The van der Waals surface area contributed by atoms with Gasteiger partial charge in [-0.15, -0.1) is 0 Å². The maximum absolute atomic E-state index is 3.41.